The van der Waals surface area contributed by atoms with Crippen molar-refractivity contribution in [3.05, 3.63) is 0 Å². The first-order valence-corrected chi connectivity index (χ1v) is 1.80. The Morgan fingerprint density at radius 1 is 1.83 bits per heavy atom. The van der Waals surface area contributed by atoms with Crippen LogP contribution in [0.5, 0.6) is 0 Å². The molecule has 0 aromatic carbocycles. The predicted octanol–water partition coefficient (Wildman–Crippen LogP) is -0.177. The normalized spacial score (nSPS) is 6.17. The maximum Gasteiger partial charge on any atom is 0.227 e. The molecule has 0 aliphatic rings. The van der Waals surface area contributed by atoms with E-state index < -0.39 is 0 Å². The summed E-state index contributed by atoms with van der Waals surface area (Å²) in [4.78, 5) is 9.51. The van der Waals surface area contributed by atoms with Crippen LogP contribution in [-0.2, 0) is 4.79 Å². The Labute approximate surface area is 47.9 Å². The lowest BCUT2D eigenvalue weighted by Gasteiger charge is -1.72. The van der Waals surface area contributed by atoms with Gasteiger partial charge in [-0.3, -0.25) is 4.79 Å². The largest absolute Gasteiger partial charge is 0.369 e. The lowest BCUT2D eigenvalue weighted by Crippen LogP contribution is -2.10. The van der Waals surface area contributed by atoms with Crippen LogP contribution in [0.2, 0.25) is 0 Å². The van der Waals surface area contributed by atoms with Crippen LogP contribution in [0.25, 0.3) is 0 Å². The molecular weight excluding hydrogens is 122 g/mol. The van der Waals surface area contributed by atoms with Crippen molar-refractivity contribution >= 4 is 30.9 Å². The minimum atomic E-state index is -0.381. The Morgan fingerprint density at radius 3 is 2.00 bits per heavy atom. The van der Waals surface area contributed by atoms with Gasteiger partial charge in [-0.15, -0.1) is 12.4 Å². The number of nitrogens with two attached hydrogens (primary N) is 1. The highest BCUT2D eigenvalue weighted by Crippen LogP contribution is 1.63. The van der Waals surface area contributed by atoms with Gasteiger partial charge in [0.05, 0.1) is 5.75 Å². The quantitative estimate of drug-likeness (QED) is 0.472. The van der Waals surface area contributed by atoms with Crippen molar-refractivity contribution < 1.29 is 4.79 Å². The van der Waals surface area contributed by atoms with Crippen molar-refractivity contribution in [3.63, 3.8) is 0 Å². The second-order valence-corrected chi connectivity index (χ2v) is 0.941. The van der Waals surface area contributed by atoms with Crippen LogP contribution in [0.1, 0.15) is 0 Å². The van der Waals surface area contributed by atoms with Crippen molar-refractivity contribution in [1.82, 2.24) is 0 Å². The first kappa shape index (κ1) is 9.44. The van der Waals surface area contributed by atoms with Crippen LogP contribution in [0, 0.1) is 0 Å². The molecule has 6 heavy (non-hydrogen) atoms. The van der Waals surface area contributed by atoms with E-state index >= 15 is 0 Å². The van der Waals surface area contributed by atoms with Crippen LogP contribution in [0.3, 0.4) is 0 Å². The molecule has 0 aliphatic heterocycles. The second-order valence-electron chi connectivity index (χ2n) is 0.624. The molecule has 0 atom stereocenters. The van der Waals surface area contributed by atoms with Crippen molar-refractivity contribution in [3.8, 4) is 0 Å². The van der Waals surface area contributed by atoms with Gasteiger partial charge in [-0.25, -0.2) is 0 Å². The van der Waals surface area contributed by atoms with Crippen molar-refractivity contribution in [1.29, 1.82) is 0 Å². The van der Waals surface area contributed by atoms with Gasteiger partial charge in [-0.1, -0.05) is 0 Å². The minimum absolute atomic E-state index is 0. The molecule has 0 fully saturated rings. The van der Waals surface area contributed by atoms with Crippen LogP contribution >= 0.6 is 25.0 Å². The van der Waals surface area contributed by atoms with Crippen molar-refractivity contribution in [2.24, 2.45) is 5.73 Å². The number of hydrogen-bond acceptors (Lipinski definition) is 2. The zero-order valence-electron chi connectivity index (χ0n) is 3.05. The highest BCUT2D eigenvalue weighted by Gasteiger charge is 1.78. The summed E-state index contributed by atoms with van der Waals surface area (Å²) in [6.45, 7) is 0. The third-order valence-corrected chi connectivity index (χ3v) is 0.468. The van der Waals surface area contributed by atoms with Gasteiger partial charge in [0, 0.05) is 0 Å². The Bertz CT molecular complexity index is 48.8. The standard InChI is InChI=1S/C2H5NOS.ClH/c3-2(4)1-5;/h5H,1H2,(H2,3,4);1H. The molecule has 0 spiro atoms. The van der Waals surface area contributed by atoms with Gasteiger partial charge < -0.3 is 5.73 Å². The summed E-state index contributed by atoms with van der Waals surface area (Å²) in [6.07, 6.45) is 0. The van der Waals surface area contributed by atoms with Crippen LogP contribution in [-0.4, -0.2) is 11.7 Å². The number of halogens is 1. The molecular formula is C2H6ClNOS. The summed E-state index contributed by atoms with van der Waals surface area (Å²) in [7, 11) is 0. The average molecular weight is 128 g/mol. The molecule has 38 valence electrons. The number of carbonyl (C=O) groups excluding carboxylic acids is 1. The van der Waals surface area contributed by atoms with E-state index in [0.717, 1.165) is 0 Å². The average Bonchev–Trinajstić information content (AvgIpc) is 1.38. The van der Waals surface area contributed by atoms with E-state index in [9.17, 15) is 4.79 Å². The van der Waals surface area contributed by atoms with Gasteiger partial charge in [0.15, 0.2) is 0 Å². The smallest absolute Gasteiger partial charge is 0.227 e. The SMILES string of the molecule is Cl.NC(=O)CS. The molecule has 0 bridgehead atoms. The molecule has 1 amide bonds. The second kappa shape index (κ2) is 5.11. The number of carbonyl (C=O) groups is 1. The zero-order chi connectivity index (χ0) is 4.28. The molecule has 0 aliphatic carbocycles. The molecule has 2 nitrogen and oxygen atoms in total. The Balaban J connectivity index is 0. The van der Waals surface area contributed by atoms with E-state index in [1.165, 1.54) is 0 Å². The van der Waals surface area contributed by atoms with Gasteiger partial charge in [0.1, 0.15) is 0 Å². The molecule has 0 saturated heterocycles. The van der Waals surface area contributed by atoms with E-state index in [2.05, 4.69) is 18.4 Å². The Morgan fingerprint density at radius 2 is 2.00 bits per heavy atom. The van der Waals surface area contributed by atoms with Gasteiger partial charge in [0.2, 0.25) is 5.91 Å². The molecule has 0 unspecified atom stereocenters. The van der Waals surface area contributed by atoms with E-state index in [1.807, 2.05) is 0 Å². The molecule has 0 rings (SSSR count). The number of amides is 1. The summed E-state index contributed by atoms with van der Waals surface area (Å²) in [5.41, 5.74) is 4.58. The van der Waals surface area contributed by atoms with E-state index in [4.69, 9.17) is 0 Å². The number of primary amides is 1. The fraction of sp³-hybridized carbons (Fsp3) is 0.500. The number of hydrogen-bond donors (Lipinski definition) is 2. The topological polar surface area (TPSA) is 43.1 Å². The molecule has 4 heteroatoms. The Kier molecular flexibility index (Phi) is 8.04. The molecule has 0 radical (unpaired) electrons. The number of thiol groups is 1. The Hall–Kier alpha value is 0.110. The van der Waals surface area contributed by atoms with Crippen LogP contribution < -0.4 is 5.73 Å². The third-order valence-electron chi connectivity index (χ3n) is 0.156. The van der Waals surface area contributed by atoms with Crippen molar-refractivity contribution in [2.45, 2.75) is 0 Å². The zero-order valence-corrected chi connectivity index (χ0v) is 4.76. The third kappa shape index (κ3) is 8.93. The van der Waals surface area contributed by atoms with E-state index in [1.54, 1.807) is 0 Å². The molecule has 0 heterocycles. The minimum Gasteiger partial charge on any atom is -0.369 e. The first-order chi connectivity index (χ1) is 2.27. The van der Waals surface area contributed by atoms with Gasteiger partial charge in [-0.05, 0) is 0 Å². The fourth-order valence-electron chi connectivity index (χ4n) is 0. The molecule has 0 aromatic rings. The number of rotatable bonds is 1. The maximum absolute atomic E-state index is 9.51. The summed E-state index contributed by atoms with van der Waals surface area (Å²) < 4.78 is 0. The monoisotopic (exact) mass is 127 g/mol. The molecule has 2 N–H and O–H groups in total. The maximum atomic E-state index is 9.51. The first-order valence-electron chi connectivity index (χ1n) is 1.16. The summed E-state index contributed by atoms with van der Waals surface area (Å²) in [6, 6.07) is 0. The van der Waals surface area contributed by atoms with Gasteiger partial charge in [-0.2, -0.15) is 12.6 Å². The van der Waals surface area contributed by atoms with Gasteiger partial charge in [0.25, 0.3) is 0 Å². The van der Waals surface area contributed by atoms with E-state index in [0.29, 0.717) is 0 Å². The molecule has 0 saturated carbocycles. The lowest BCUT2D eigenvalue weighted by atomic mass is 10.8. The fourth-order valence-corrected chi connectivity index (χ4v) is 0. The highest BCUT2D eigenvalue weighted by atomic mass is 35.5. The molecule has 0 aromatic heterocycles. The lowest BCUT2D eigenvalue weighted by molar-refractivity contribution is -0.115. The summed E-state index contributed by atoms with van der Waals surface area (Å²) >= 11 is 3.54. The summed E-state index contributed by atoms with van der Waals surface area (Å²) in [5.74, 6) is -0.242. The highest BCUT2D eigenvalue weighted by molar-refractivity contribution is 7.81. The van der Waals surface area contributed by atoms with Crippen molar-refractivity contribution in [2.75, 3.05) is 5.75 Å². The van der Waals surface area contributed by atoms with Crippen LogP contribution in [0.4, 0.5) is 0 Å². The van der Waals surface area contributed by atoms with Gasteiger partial charge >= 0.3 is 0 Å². The van der Waals surface area contributed by atoms with Crippen LogP contribution in [0.15, 0.2) is 0 Å². The predicted molar refractivity (Wildman–Crippen MR) is 30.3 cm³/mol. The van der Waals surface area contributed by atoms with E-state index in [-0.39, 0.29) is 24.1 Å². The summed E-state index contributed by atoms with van der Waals surface area (Å²) in [5, 5.41) is 0.